The van der Waals surface area contributed by atoms with Crippen LogP contribution in [0.1, 0.15) is 142 Å². The molecule has 0 aliphatic carbocycles. The molecular weight excluding hydrogens is 1760 g/mol. The molecule has 12 aromatic rings. The maximum Gasteiger partial charge on any atom is 0.265 e. The van der Waals surface area contributed by atoms with E-state index < -0.39 is 235 Å². The van der Waals surface area contributed by atoms with E-state index in [2.05, 4.69) is 20.6 Å². The number of rotatable bonds is 24. The second-order valence-electron chi connectivity index (χ2n) is 23.0. The largest absolute Gasteiger partial charge is 0.454 e. The van der Waals surface area contributed by atoms with Crippen molar-refractivity contribution in [3.05, 3.63) is 201 Å². The van der Waals surface area contributed by atoms with E-state index in [9.17, 15) is 52.8 Å². The van der Waals surface area contributed by atoms with Crippen molar-refractivity contribution in [2.24, 2.45) is 0 Å². The van der Waals surface area contributed by atoms with Gasteiger partial charge in [-0.15, -0.1) is 45.3 Å². The van der Waals surface area contributed by atoms with Crippen molar-refractivity contribution in [3.8, 4) is 46.0 Å². The normalized spacial score (nSPS) is 18.7. The number of hydrogen-bond donors (Lipinski definition) is 4. The van der Waals surface area contributed by atoms with Crippen molar-refractivity contribution in [1.82, 2.24) is 20.6 Å². The predicted octanol–water partition coefficient (Wildman–Crippen LogP) is 15.8. The maximum absolute atomic E-state index is 13.2. The third kappa shape index (κ3) is 18.1. The Morgan fingerprint density at radius 2 is 0.672 bits per heavy atom. The first kappa shape index (κ1) is 53.2. The van der Waals surface area contributed by atoms with Gasteiger partial charge < -0.3 is 56.0 Å². The Balaban J connectivity index is 0.000000163. The average Bonchev–Trinajstić information content (AvgIpc) is 1.62. The first-order valence-electron chi connectivity index (χ1n) is 46.1. The summed E-state index contributed by atoms with van der Waals surface area (Å²) in [5, 5.41) is 15.3. The molecule has 1 unspecified atom stereocenters. The first-order valence-corrected chi connectivity index (χ1v) is 42.1. The van der Waals surface area contributed by atoms with Crippen molar-refractivity contribution in [1.29, 1.82) is 0 Å². The van der Waals surface area contributed by atoms with E-state index in [4.69, 9.17) is 144 Å². The van der Waals surface area contributed by atoms with E-state index in [1.54, 1.807) is 0 Å². The van der Waals surface area contributed by atoms with E-state index in [1.807, 2.05) is 0 Å². The maximum atomic E-state index is 13.2. The van der Waals surface area contributed by atoms with Crippen LogP contribution in [0.3, 0.4) is 0 Å². The number of benzene rings is 4. The van der Waals surface area contributed by atoms with Gasteiger partial charge in [0.05, 0.1) is 27.7 Å². The molecule has 4 aromatic carbocycles. The molecule has 0 spiro atoms. The lowest BCUT2D eigenvalue weighted by atomic mass is 10.0. The highest BCUT2D eigenvalue weighted by Gasteiger charge is 2.34. The summed E-state index contributed by atoms with van der Waals surface area (Å²) >= 11 is 26.6. The molecule has 32 nitrogen and oxygen atoms in total. The van der Waals surface area contributed by atoms with Crippen molar-refractivity contribution < 1.29 is 150 Å². The summed E-state index contributed by atoms with van der Waals surface area (Å²) in [6.45, 7) is -16.4. The number of halogens is 4. The summed E-state index contributed by atoms with van der Waals surface area (Å²) in [5.41, 5.74) is -2.45. The second-order valence-corrected chi connectivity index (χ2v) is 34.5. The molecule has 44 heteroatoms. The Kier molecular flexibility index (Phi) is 15.6. The minimum atomic E-state index is -4.85. The quantitative estimate of drug-likeness (QED) is 0.0408. The lowest BCUT2D eigenvalue weighted by Gasteiger charge is -2.09. The summed E-state index contributed by atoms with van der Waals surface area (Å²) in [5.74, 6) is -7.62. The van der Waals surface area contributed by atoms with Crippen LogP contribution in [0.15, 0.2) is 132 Å². The van der Waals surface area contributed by atoms with Gasteiger partial charge in [-0.25, -0.2) is 52.5 Å². The number of aromatic nitrogens is 4. The summed E-state index contributed by atoms with van der Waals surface area (Å²) in [6, 6.07) is 5.12. The highest BCUT2D eigenvalue weighted by atomic mass is 35.5. The minimum absolute atomic E-state index is 0.00451. The number of aryl methyl sites for hydroxylation is 5. The van der Waals surface area contributed by atoms with E-state index >= 15 is 0 Å². The number of ketones is 4. The van der Waals surface area contributed by atoms with Gasteiger partial charge in [0, 0.05) is 46.2 Å². The van der Waals surface area contributed by atoms with Gasteiger partial charge in [-0.1, -0.05) is 67.0 Å². The number of Topliss-reactive ketones (excluding diaryl/α,β-unsaturated/α-hetero) is 4. The van der Waals surface area contributed by atoms with Gasteiger partial charge in [-0.05, 0) is 194 Å². The molecule has 4 aliphatic heterocycles. The van der Waals surface area contributed by atoms with Crippen LogP contribution < -0.4 is 56.8 Å². The van der Waals surface area contributed by atoms with Crippen molar-refractivity contribution in [2.45, 2.75) is 100 Å². The Morgan fingerprint density at radius 3 is 0.991 bits per heavy atom. The third-order valence-corrected chi connectivity index (χ3v) is 26.4. The molecule has 0 saturated heterocycles. The highest BCUT2D eigenvalue weighted by Crippen LogP contribution is 2.42. The predicted molar refractivity (Wildman–Crippen MR) is 427 cm³/mol. The van der Waals surface area contributed by atoms with Gasteiger partial charge in [-0.2, -0.15) is 0 Å². The molecule has 12 heterocycles. The number of hydrogen-bond acceptors (Lipinski definition) is 32. The highest BCUT2D eigenvalue weighted by molar-refractivity contribution is 7.94. The van der Waals surface area contributed by atoms with Crippen LogP contribution in [0, 0.1) is 55.0 Å². The van der Waals surface area contributed by atoms with Crippen LogP contribution >= 0.6 is 91.8 Å². The molecule has 0 saturated carbocycles. The lowest BCUT2D eigenvalue weighted by Crippen LogP contribution is -2.16. The molecule has 116 heavy (non-hydrogen) atoms. The Morgan fingerprint density at radius 1 is 0.397 bits per heavy atom. The fourth-order valence-corrected chi connectivity index (χ4v) is 19.8. The van der Waals surface area contributed by atoms with Gasteiger partial charge in [0.15, 0.2) is 74.8 Å². The van der Waals surface area contributed by atoms with Crippen LogP contribution in [-0.4, -0.2) is 104 Å². The Bertz CT molecular complexity index is 7800. The summed E-state index contributed by atoms with van der Waals surface area (Å²) in [7, 11) is -19.2. The monoisotopic (exact) mass is 1850 g/mol. The van der Waals surface area contributed by atoms with Gasteiger partial charge in [-0.3, -0.25) is 19.2 Å². The molecule has 4 aliphatic rings. The number of anilines is 4. The number of carbonyl (C=O) groups is 4. The SMILES string of the molecule is [2H]N(c1onc(C([2H])([2H])[2H])c1Cl)S(=O)(=O)c1ccsc1C(=O)Cc1cc2c(cc1C([2H])([2H])[2H])OC([2H])([2H])O2.[2H]c1c(C)c(CC(=O)c2sccc2S(=O)(=O)N([2H])c2onc(C([2H])([2H])[2H])c2Cl)c([2H])c2c1OC([2H])([2H])O2.[2H]c1c(C)c(CC(=O)c2sccc2S(=O)(=O)N([2H])c2onc(C([2H])([2H])[2H])c2Cl)c([2H])c2c1OC([2H])O2.[2H]c1c(C)c(CC(=O)c2sccc2S(=O)(=O)N([2H])c2onc(C([2H])([2H])[2H])c2Cl)c([2H])c2c1OCO2. The molecular formula is C72H60Cl4N8O24S8. The zero-order valence-corrected chi connectivity index (χ0v) is 67.1. The summed E-state index contributed by atoms with van der Waals surface area (Å²) in [4.78, 5) is 49.1. The van der Waals surface area contributed by atoms with Gasteiger partial charge in [0.1, 0.15) is 69.3 Å². The van der Waals surface area contributed by atoms with E-state index in [0.29, 0.717) is 16.9 Å². The number of carbonyl (C=O) groups excluding carboxylic acids is 4. The van der Waals surface area contributed by atoms with Crippen LogP contribution in [0.4, 0.5) is 23.5 Å². The van der Waals surface area contributed by atoms with Crippen molar-refractivity contribution >= 4 is 179 Å². The number of thiophene rings is 4. The number of ether oxygens (including phenoxy) is 8. The third-order valence-electron chi connectivity index (χ3n) is 15.5. The molecule has 4 N–H and O–H groups in total. The number of fused-ring (bicyclic) bond motifs is 4. The molecule has 8 aromatic heterocycles. The molecule has 0 amide bonds. The zero-order chi connectivity index (χ0) is 109. The standard InChI is InChI=1S/4C18H15ClN2O6S2/c4*1-9-5-13-14(26-8-25-13)7-11(9)6-12(22)17-15(3-4-28-17)29(23,24)21-18-16(19)10(2)20-27-18/h4*3-5,7,21H,6,8H2,1-2H3/i2D3,5D,7D,8D2;2D3,5D,7D,8D;2D3,5D,7D;1D3,2D3,8D2/hD4. The summed E-state index contributed by atoms with van der Waals surface area (Å²) in [6.07, 6.45) is -2.08. The van der Waals surface area contributed by atoms with E-state index in [1.165, 1.54) is 42.3 Å². The summed E-state index contributed by atoms with van der Waals surface area (Å²) < 4.78 is 395. The Labute approximate surface area is 738 Å². The molecule has 0 radical (unpaired) electrons. The van der Waals surface area contributed by atoms with Crippen molar-refractivity contribution in [2.75, 3.05) is 45.9 Å². The molecule has 0 bridgehead atoms. The molecule has 16 rings (SSSR count). The molecule has 0 fully saturated rings. The number of sulfonamides is 4. The minimum Gasteiger partial charge on any atom is -0.454 e. The number of nitrogens with zero attached hydrogens (tertiary/aromatic N) is 4. The van der Waals surface area contributed by atoms with Gasteiger partial charge in [0.2, 0.25) is 27.1 Å². The van der Waals surface area contributed by atoms with Crippen LogP contribution in [0.5, 0.6) is 46.0 Å². The first-order chi connectivity index (χ1) is 67.2. The Hall–Kier alpha value is -10.2. The molecule has 608 valence electrons. The van der Waals surface area contributed by atoms with Crippen molar-refractivity contribution in [3.63, 3.8) is 0 Å². The van der Waals surface area contributed by atoms with Crippen LogP contribution in [0.2, 0.25) is 25.7 Å². The topological polar surface area (TPSA) is 431 Å². The zero-order valence-electron chi connectivity index (χ0n) is 87.5. The van der Waals surface area contributed by atoms with Gasteiger partial charge in [0.25, 0.3) is 63.6 Å². The fourth-order valence-electron chi connectivity index (χ4n) is 9.94. The van der Waals surface area contributed by atoms with Gasteiger partial charge >= 0.3 is 0 Å². The smallest absolute Gasteiger partial charge is 0.265 e. The van der Waals surface area contributed by atoms with E-state index in [-0.39, 0.29) is 160 Å². The number of nitrogens with one attached hydrogen (secondary N) is 4. The lowest BCUT2D eigenvalue weighted by molar-refractivity contribution is 0.0985. The van der Waals surface area contributed by atoms with Crippen LogP contribution in [0.25, 0.3) is 0 Å². The second kappa shape index (κ2) is 34.1. The fraction of sp³-hybridized carbons (Fsp3) is 0.222. The average molecular weight is 1850 g/mol. The molecule has 1 atom stereocenters. The van der Waals surface area contributed by atoms with Crippen LogP contribution in [-0.2, 0) is 65.8 Å². The van der Waals surface area contributed by atoms with E-state index in [0.717, 1.165) is 70.4 Å².